The molecular weight excluding hydrogens is 297 g/mol. The van der Waals surface area contributed by atoms with Gasteiger partial charge in [0.1, 0.15) is 23.2 Å². The van der Waals surface area contributed by atoms with Crippen LogP contribution in [0.5, 0.6) is 0 Å². The Labute approximate surface area is 128 Å². The van der Waals surface area contributed by atoms with Crippen LogP contribution in [0, 0.1) is 5.82 Å². The van der Waals surface area contributed by atoms with Crippen LogP contribution < -0.4 is 0 Å². The summed E-state index contributed by atoms with van der Waals surface area (Å²) in [7, 11) is 1.38. The van der Waals surface area contributed by atoms with E-state index in [1.807, 2.05) is 0 Å². The highest BCUT2D eigenvalue weighted by Gasteiger charge is 2.39. The highest BCUT2D eigenvalue weighted by molar-refractivity contribution is 6.30. The number of ether oxygens (including phenoxy) is 1. The van der Waals surface area contributed by atoms with Crippen LogP contribution >= 0.6 is 11.6 Å². The Morgan fingerprint density at radius 3 is 2.38 bits per heavy atom. The summed E-state index contributed by atoms with van der Waals surface area (Å²) in [5.74, 6) is -0.732. The molecule has 0 saturated carbocycles. The Morgan fingerprint density at radius 2 is 1.90 bits per heavy atom. The van der Waals surface area contributed by atoms with E-state index in [1.54, 1.807) is 20.8 Å². The predicted octanol–water partition coefficient (Wildman–Crippen LogP) is 3.76. The van der Waals surface area contributed by atoms with Gasteiger partial charge in [-0.1, -0.05) is 23.7 Å². The zero-order valence-corrected chi connectivity index (χ0v) is 13.5. The van der Waals surface area contributed by atoms with Crippen LogP contribution in [-0.2, 0) is 15.1 Å². The molecule has 0 aliphatic rings. The molecule has 0 fully saturated rings. The molecular formula is C15H19ClFNO3. The largest absolute Gasteiger partial charge is 0.444 e. The highest BCUT2D eigenvalue weighted by Crippen LogP contribution is 2.31. The molecule has 1 amide bonds. The van der Waals surface area contributed by atoms with Gasteiger partial charge in [-0.3, -0.25) is 4.90 Å². The molecule has 116 valence electrons. The maximum atomic E-state index is 14.2. The SMILES string of the molecule is CN(C(=O)OC(C)(C)C)C(C)(C=O)c1cccc(Cl)c1F. The van der Waals surface area contributed by atoms with Gasteiger partial charge in [0.25, 0.3) is 0 Å². The molecule has 0 saturated heterocycles. The second kappa shape index (κ2) is 6.02. The molecule has 1 aromatic rings. The highest BCUT2D eigenvalue weighted by atomic mass is 35.5. The average molecular weight is 316 g/mol. The summed E-state index contributed by atoms with van der Waals surface area (Å²) in [4.78, 5) is 24.7. The van der Waals surface area contributed by atoms with E-state index in [-0.39, 0.29) is 10.6 Å². The van der Waals surface area contributed by atoms with Gasteiger partial charge in [-0.2, -0.15) is 0 Å². The molecule has 21 heavy (non-hydrogen) atoms. The number of benzene rings is 1. The minimum atomic E-state index is -1.52. The zero-order valence-electron chi connectivity index (χ0n) is 12.7. The number of likely N-dealkylation sites (N-methyl/N-ethyl adjacent to an activating group) is 1. The fourth-order valence-corrected chi connectivity index (χ4v) is 1.91. The molecule has 1 atom stereocenters. The van der Waals surface area contributed by atoms with E-state index in [0.717, 1.165) is 4.90 Å². The maximum Gasteiger partial charge on any atom is 0.411 e. The summed E-state index contributed by atoms with van der Waals surface area (Å²) in [5, 5.41) is -0.113. The van der Waals surface area contributed by atoms with Crippen LogP contribution in [0.15, 0.2) is 18.2 Å². The standard InChI is InChI=1S/C15H19ClFNO3/c1-14(2,3)21-13(20)18(5)15(4,9-19)10-7-6-8-11(16)12(10)17/h6-9H,1-5H3. The predicted molar refractivity (Wildman–Crippen MR) is 78.8 cm³/mol. The lowest BCUT2D eigenvalue weighted by atomic mass is 9.91. The Hall–Kier alpha value is -1.62. The van der Waals surface area contributed by atoms with Crippen molar-refractivity contribution in [3.05, 3.63) is 34.6 Å². The van der Waals surface area contributed by atoms with Gasteiger partial charge in [-0.15, -0.1) is 0 Å². The lowest BCUT2D eigenvalue weighted by Gasteiger charge is -2.35. The number of hydrogen-bond donors (Lipinski definition) is 0. The molecule has 0 radical (unpaired) electrons. The number of hydrogen-bond acceptors (Lipinski definition) is 3. The monoisotopic (exact) mass is 315 g/mol. The number of nitrogens with zero attached hydrogens (tertiary/aromatic N) is 1. The van der Waals surface area contributed by atoms with E-state index in [4.69, 9.17) is 16.3 Å². The van der Waals surface area contributed by atoms with Gasteiger partial charge in [0.15, 0.2) is 0 Å². The third-order valence-electron chi connectivity index (χ3n) is 3.09. The van der Waals surface area contributed by atoms with Crippen molar-refractivity contribution in [2.24, 2.45) is 0 Å². The smallest absolute Gasteiger partial charge is 0.411 e. The summed E-state index contributed by atoms with van der Waals surface area (Å²) < 4.78 is 19.4. The Balaban J connectivity index is 3.23. The second-order valence-corrected chi connectivity index (χ2v) is 6.31. The first-order chi connectivity index (χ1) is 9.53. The van der Waals surface area contributed by atoms with E-state index in [0.29, 0.717) is 6.29 Å². The molecule has 0 aliphatic heterocycles. The first kappa shape index (κ1) is 17.4. The molecule has 0 bridgehead atoms. The number of amides is 1. The zero-order chi connectivity index (χ0) is 16.4. The fourth-order valence-electron chi connectivity index (χ4n) is 1.74. The molecule has 0 aliphatic carbocycles. The van der Waals surface area contributed by atoms with Crippen LogP contribution in [0.4, 0.5) is 9.18 Å². The Morgan fingerprint density at radius 1 is 1.33 bits per heavy atom. The minimum absolute atomic E-state index is 0.0124. The summed E-state index contributed by atoms with van der Waals surface area (Å²) in [6, 6.07) is 4.31. The Bertz CT molecular complexity index is 556. The van der Waals surface area contributed by atoms with Gasteiger partial charge < -0.3 is 9.53 Å². The van der Waals surface area contributed by atoms with Crippen LogP contribution in [0.3, 0.4) is 0 Å². The second-order valence-electron chi connectivity index (χ2n) is 5.91. The molecule has 0 aromatic heterocycles. The topological polar surface area (TPSA) is 46.6 Å². The van der Waals surface area contributed by atoms with Crippen LogP contribution in [0.25, 0.3) is 0 Å². The van der Waals surface area contributed by atoms with Crippen molar-refractivity contribution in [1.29, 1.82) is 0 Å². The average Bonchev–Trinajstić information content (AvgIpc) is 2.38. The van der Waals surface area contributed by atoms with E-state index >= 15 is 0 Å². The van der Waals surface area contributed by atoms with Crippen LogP contribution in [-0.4, -0.2) is 29.9 Å². The summed E-state index contributed by atoms with van der Waals surface area (Å²) in [6.07, 6.45) is -0.234. The van der Waals surface area contributed by atoms with Crippen molar-refractivity contribution in [2.45, 2.75) is 38.8 Å². The van der Waals surface area contributed by atoms with Gasteiger partial charge in [0.2, 0.25) is 0 Å². The molecule has 1 aromatic carbocycles. The molecule has 0 N–H and O–H groups in total. The van der Waals surface area contributed by atoms with Crippen LogP contribution in [0.2, 0.25) is 5.02 Å². The van der Waals surface area contributed by atoms with Crippen molar-refractivity contribution >= 4 is 24.0 Å². The van der Waals surface area contributed by atoms with Gasteiger partial charge in [-0.05, 0) is 33.8 Å². The summed E-state index contributed by atoms with van der Waals surface area (Å²) >= 11 is 5.74. The lowest BCUT2D eigenvalue weighted by Crippen LogP contribution is -2.48. The van der Waals surface area contributed by atoms with Gasteiger partial charge in [0.05, 0.1) is 5.02 Å². The first-order valence-corrected chi connectivity index (χ1v) is 6.78. The van der Waals surface area contributed by atoms with Crippen molar-refractivity contribution in [1.82, 2.24) is 4.90 Å². The molecule has 1 unspecified atom stereocenters. The number of halogens is 2. The number of carbonyl (C=O) groups excluding carboxylic acids is 2. The third-order valence-corrected chi connectivity index (χ3v) is 3.38. The number of aldehydes is 1. The van der Waals surface area contributed by atoms with E-state index in [2.05, 4.69) is 0 Å². The summed E-state index contributed by atoms with van der Waals surface area (Å²) in [6.45, 7) is 6.55. The fraction of sp³-hybridized carbons (Fsp3) is 0.467. The number of carbonyl (C=O) groups is 2. The normalized spacial score (nSPS) is 14.2. The quantitative estimate of drug-likeness (QED) is 0.798. The first-order valence-electron chi connectivity index (χ1n) is 6.40. The molecule has 6 heteroatoms. The lowest BCUT2D eigenvalue weighted by molar-refractivity contribution is -0.117. The minimum Gasteiger partial charge on any atom is -0.444 e. The van der Waals surface area contributed by atoms with E-state index < -0.39 is 23.1 Å². The van der Waals surface area contributed by atoms with Gasteiger partial charge in [0, 0.05) is 12.6 Å². The Kier molecular flexibility index (Phi) is 4.99. The van der Waals surface area contributed by atoms with Crippen molar-refractivity contribution in [2.75, 3.05) is 7.05 Å². The van der Waals surface area contributed by atoms with E-state index in [9.17, 15) is 14.0 Å². The number of rotatable bonds is 3. The van der Waals surface area contributed by atoms with Crippen molar-refractivity contribution in [3.63, 3.8) is 0 Å². The van der Waals surface area contributed by atoms with Crippen LogP contribution in [0.1, 0.15) is 33.3 Å². The maximum absolute atomic E-state index is 14.2. The molecule has 0 heterocycles. The van der Waals surface area contributed by atoms with Crippen molar-refractivity contribution in [3.8, 4) is 0 Å². The summed E-state index contributed by atoms with van der Waals surface area (Å²) in [5.41, 5.74) is -2.22. The van der Waals surface area contributed by atoms with E-state index in [1.165, 1.54) is 32.2 Å². The molecule has 1 rings (SSSR count). The van der Waals surface area contributed by atoms with Gasteiger partial charge >= 0.3 is 6.09 Å². The molecule has 0 spiro atoms. The van der Waals surface area contributed by atoms with Gasteiger partial charge in [-0.25, -0.2) is 9.18 Å². The molecule has 4 nitrogen and oxygen atoms in total. The van der Waals surface area contributed by atoms with Crippen molar-refractivity contribution < 1.29 is 18.7 Å². The third kappa shape index (κ3) is 3.73.